The van der Waals surface area contributed by atoms with Gasteiger partial charge >= 0.3 is 0 Å². The van der Waals surface area contributed by atoms with E-state index in [2.05, 4.69) is 15.6 Å². The number of benzene rings is 1. The lowest BCUT2D eigenvalue weighted by atomic mass is 9.69. The molecule has 0 spiro atoms. The number of nitrogens with one attached hydrogen (secondary N) is 1. The third-order valence-corrected chi connectivity index (χ3v) is 4.12. The number of hydrogen-bond donors (Lipinski definition) is 2. The Kier molecular flexibility index (Phi) is 3.40. The number of carbonyl (C=O) groups excluding carboxylic acids is 1. The quantitative estimate of drug-likeness (QED) is 0.841. The van der Waals surface area contributed by atoms with E-state index in [1.165, 1.54) is 0 Å². The van der Waals surface area contributed by atoms with Crippen LogP contribution in [-0.2, 0) is 11.3 Å². The fourth-order valence-corrected chi connectivity index (χ4v) is 2.58. The van der Waals surface area contributed by atoms with E-state index in [0.29, 0.717) is 6.54 Å². The fraction of sp³-hybridized carbons (Fsp3) is 0.500. The highest BCUT2D eigenvalue weighted by Crippen LogP contribution is 2.39. The van der Waals surface area contributed by atoms with Gasteiger partial charge in [-0.1, -0.05) is 23.8 Å². The second-order valence-corrected chi connectivity index (χ2v) is 5.52. The van der Waals surface area contributed by atoms with Crippen molar-refractivity contribution in [1.82, 2.24) is 20.3 Å². The van der Waals surface area contributed by atoms with E-state index in [0.717, 1.165) is 30.3 Å². The first-order valence-corrected chi connectivity index (χ1v) is 6.88. The minimum Gasteiger partial charge on any atom is -0.396 e. The van der Waals surface area contributed by atoms with Crippen molar-refractivity contribution in [1.29, 1.82) is 0 Å². The van der Waals surface area contributed by atoms with E-state index < -0.39 is 0 Å². The van der Waals surface area contributed by atoms with Crippen molar-refractivity contribution in [2.75, 3.05) is 13.2 Å². The van der Waals surface area contributed by atoms with Crippen LogP contribution in [0.1, 0.15) is 19.3 Å². The summed E-state index contributed by atoms with van der Waals surface area (Å²) in [4.78, 5) is 12.0. The summed E-state index contributed by atoms with van der Waals surface area (Å²) in [5.41, 5.74) is 1.54. The highest BCUT2D eigenvalue weighted by molar-refractivity contribution is 5.79. The molecule has 0 aliphatic heterocycles. The maximum atomic E-state index is 12.0. The minimum absolute atomic E-state index is 0.0969. The number of aliphatic hydroxyl groups is 1. The molecule has 0 unspecified atom stereocenters. The predicted molar refractivity (Wildman–Crippen MR) is 73.9 cm³/mol. The Labute approximate surface area is 116 Å². The largest absolute Gasteiger partial charge is 0.396 e. The van der Waals surface area contributed by atoms with E-state index in [4.69, 9.17) is 0 Å². The molecule has 1 aliphatic rings. The first-order valence-electron chi connectivity index (χ1n) is 6.88. The smallest absolute Gasteiger partial charge is 0.241 e. The van der Waals surface area contributed by atoms with Crippen molar-refractivity contribution in [3.63, 3.8) is 0 Å². The summed E-state index contributed by atoms with van der Waals surface area (Å²) in [5.74, 6) is -0.0969. The lowest BCUT2D eigenvalue weighted by Crippen LogP contribution is -2.45. The number of aromatic nitrogens is 3. The molecule has 1 aromatic heterocycles. The lowest BCUT2D eigenvalue weighted by Gasteiger charge is -2.40. The molecule has 6 heteroatoms. The molecule has 1 amide bonds. The number of amides is 1. The Morgan fingerprint density at radius 3 is 2.90 bits per heavy atom. The second-order valence-electron chi connectivity index (χ2n) is 5.52. The molecule has 1 saturated carbocycles. The number of aliphatic hydroxyl groups excluding tert-OH is 1. The molecule has 20 heavy (non-hydrogen) atoms. The molecular formula is C14H18N4O2. The van der Waals surface area contributed by atoms with Gasteiger partial charge in [0.25, 0.3) is 0 Å². The van der Waals surface area contributed by atoms with Crippen LogP contribution in [0.4, 0.5) is 0 Å². The molecule has 0 bridgehead atoms. The second kappa shape index (κ2) is 5.20. The molecule has 0 atom stereocenters. The van der Waals surface area contributed by atoms with Crippen LogP contribution in [0.2, 0.25) is 0 Å². The lowest BCUT2D eigenvalue weighted by molar-refractivity contribution is -0.123. The maximum absolute atomic E-state index is 12.0. The average Bonchev–Trinajstić information content (AvgIpc) is 2.82. The summed E-state index contributed by atoms with van der Waals surface area (Å²) in [6.07, 6.45) is 3.09. The van der Waals surface area contributed by atoms with Crippen LogP contribution in [0.25, 0.3) is 11.0 Å². The van der Waals surface area contributed by atoms with Gasteiger partial charge in [0.1, 0.15) is 12.1 Å². The Bertz CT molecular complexity index is 613. The number of para-hydroxylation sites is 1. The van der Waals surface area contributed by atoms with Crippen LogP contribution >= 0.6 is 0 Å². The van der Waals surface area contributed by atoms with Crippen LogP contribution in [0, 0.1) is 5.41 Å². The van der Waals surface area contributed by atoms with Crippen LogP contribution in [0.5, 0.6) is 0 Å². The zero-order valence-electron chi connectivity index (χ0n) is 11.2. The summed E-state index contributed by atoms with van der Waals surface area (Å²) in [7, 11) is 0. The van der Waals surface area contributed by atoms with E-state index in [-0.39, 0.29) is 24.5 Å². The monoisotopic (exact) mass is 274 g/mol. The van der Waals surface area contributed by atoms with Crippen molar-refractivity contribution in [3.8, 4) is 0 Å². The molecule has 0 radical (unpaired) electrons. The van der Waals surface area contributed by atoms with Crippen LogP contribution in [0.15, 0.2) is 24.3 Å². The summed E-state index contributed by atoms with van der Waals surface area (Å²) < 4.78 is 1.59. The summed E-state index contributed by atoms with van der Waals surface area (Å²) in [5, 5.41) is 20.3. The van der Waals surface area contributed by atoms with Gasteiger partial charge < -0.3 is 10.4 Å². The zero-order valence-corrected chi connectivity index (χ0v) is 11.2. The predicted octanol–water partition coefficient (Wildman–Crippen LogP) is 0.710. The zero-order chi connectivity index (χ0) is 14.0. The highest BCUT2D eigenvalue weighted by atomic mass is 16.3. The molecule has 0 saturated heterocycles. The number of fused-ring (bicyclic) bond motifs is 1. The molecule has 3 rings (SSSR count). The Morgan fingerprint density at radius 2 is 2.20 bits per heavy atom. The minimum atomic E-state index is -0.0971. The number of carbonyl (C=O) groups is 1. The summed E-state index contributed by atoms with van der Waals surface area (Å²) in [6.45, 7) is 0.830. The molecule has 1 aliphatic carbocycles. The van der Waals surface area contributed by atoms with Gasteiger partial charge in [0.2, 0.25) is 5.91 Å². The molecule has 6 nitrogen and oxygen atoms in total. The Hall–Kier alpha value is -1.95. The molecular weight excluding hydrogens is 256 g/mol. The Morgan fingerprint density at radius 1 is 1.40 bits per heavy atom. The van der Waals surface area contributed by atoms with Crippen molar-refractivity contribution in [3.05, 3.63) is 24.3 Å². The van der Waals surface area contributed by atoms with Gasteiger partial charge in [-0.15, -0.1) is 5.10 Å². The van der Waals surface area contributed by atoms with Gasteiger partial charge in [0.15, 0.2) is 0 Å². The SMILES string of the molecule is O=C(Cn1nnc2ccccc21)NCC1(CO)CCC1. The number of nitrogens with zero attached hydrogens (tertiary/aromatic N) is 3. The van der Waals surface area contributed by atoms with E-state index >= 15 is 0 Å². The normalized spacial score (nSPS) is 16.9. The van der Waals surface area contributed by atoms with Gasteiger partial charge in [-0.3, -0.25) is 4.79 Å². The summed E-state index contributed by atoms with van der Waals surface area (Å²) in [6, 6.07) is 7.55. The van der Waals surface area contributed by atoms with Crippen LogP contribution in [0.3, 0.4) is 0 Å². The third kappa shape index (κ3) is 2.38. The van der Waals surface area contributed by atoms with E-state index in [1.807, 2.05) is 24.3 Å². The van der Waals surface area contributed by atoms with Gasteiger partial charge in [0, 0.05) is 12.0 Å². The third-order valence-electron chi connectivity index (χ3n) is 4.12. The van der Waals surface area contributed by atoms with E-state index in [9.17, 15) is 9.90 Å². The van der Waals surface area contributed by atoms with Crippen molar-refractivity contribution in [2.24, 2.45) is 5.41 Å². The first kappa shape index (κ1) is 13.1. The van der Waals surface area contributed by atoms with Crippen LogP contribution in [-0.4, -0.2) is 39.2 Å². The molecule has 106 valence electrons. The van der Waals surface area contributed by atoms with Crippen molar-refractivity contribution >= 4 is 16.9 Å². The first-order chi connectivity index (χ1) is 9.72. The Balaban J connectivity index is 1.61. The maximum Gasteiger partial charge on any atom is 0.241 e. The van der Waals surface area contributed by atoms with Gasteiger partial charge in [-0.05, 0) is 25.0 Å². The fourth-order valence-electron chi connectivity index (χ4n) is 2.58. The van der Waals surface area contributed by atoms with Crippen molar-refractivity contribution in [2.45, 2.75) is 25.8 Å². The number of hydrogen-bond acceptors (Lipinski definition) is 4. The standard InChI is InChI=1S/C14H18N4O2/c19-10-14(6-3-7-14)9-15-13(20)8-18-12-5-2-1-4-11(12)16-17-18/h1-2,4-5,19H,3,6-10H2,(H,15,20). The van der Waals surface area contributed by atoms with E-state index in [1.54, 1.807) is 4.68 Å². The van der Waals surface area contributed by atoms with Crippen molar-refractivity contribution < 1.29 is 9.90 Å². The molecule has 1 aromatic carbocycles. The van der Waals surface area contributed by atoms with Gasteiger partial charge in [0.05, 0.1) is 12.1 Å². The topological polar surface area (TPSA) is 80.0 Å². The van der Waals surface area contributed by atoms with Gasteiger partial charge in [-0.25, -0.2) is 4.68 Å². The molecule has 2 aromatic rings. The van der Waals surface area contributed by atoms with Crippen LogP contribution < -0.4 is 5.32 Å². The molecule has 1 heterocycles. The molecule has 1 fully saturated rings. The summed E-state index contributed by atoms with van der Waals surface area (Å²) >= 11 is 0. The number of rotatable bonds is 5. The van der Waals surface area contributed by atoms with Gasteiger partial charge in [-0.2, -0.15) is 0 Å². The average molecular weight is 274 g/mol. The molecule has 2 N–H and O–H groups in total. The highest BCUT2D eigenvalue weighted by Gasteiger charge is 2.36.